The van der Waals surface area contributed by atoms with E-state index in [1.807, 2.05) is 30.3 Å². The Morgan fingerprint density at radius 1 is 1.00 bits per heavy atom. The summed E-state index contributed by atoms with van der Waals surface area (Å²) in [6, 6.07) is 26.2. The minimum Gasteiger partial charge on any atom is -0.497 e. The molecule has 5 aromatic rings. The van der Waals surface area contributed by atoms with E-state index in [1.165, 1.54) is 11.3 Å². The van der Waals surface area contributed by atoms with Crippen molar-refractivity contribution in [2.45, 2.75) is 19.9 Å². The molecule has 0 bridgehead atoms. The van der Waals surface area contributed by atoms with E-state index in [0.717, 1.165) is 11.1 Å². The number of benzene rings is 3. The third-order valence-electron chi connectivity index (χ3n) is 7.31. The number of para-hydroxylation sites is 1. The number of esters is 1. The summed E-state index contributed by atoms with van der Waals surface area (Å²) in [7, 11) is 1.58. The van der Waals surface area contributed by atoms with Crippen LogP contribution in [0.4, 0.5) is 5.69 Å². The molecule has 0 aliphatic carbocycles. The average molecular weight is 620 g/mol. The van der Waals surface area contributed by atoms with Gasteiger partial charge < -0.3 is 19.2 Å². The van der Waals surface area contributed by atoms with Crippen molar-refractivity contribution in [3.8, 4) is 17.1 Å². The monoisotopic (exact) mass is 619 g/mol. The number of carbonyl (C=O) groups is 2. The number of methoxy groups -OCH3 is 1. The molecule has 3 heterocycles. The van der Waals surface area contributed by atoms with Crippen LogP contribution in [-0.4, -0.2) is 30.2 Å². The van der Waals surface area contributed by atoms with E-state index in [1.54, 1.807) is 92.3 Å². The smallest absolute Gasteiger partial charge is 0.338 e. The SMILES string of the molecule is CCOC(=O)c1ccc(-c2ccc(/C=c3\sc4n(c3=O)C(c3ccc(OC)cc3)C(C(=O)Nc3ccccc3)=C(C)N=4)o2)cc1. The highest BCUT2D eigenvalue weighted by molar-refractivity contribution is 7.07. The number of hydrogen-bond acceptors (Lipinski definition) is 8. The normalized spacial score (nSPS) is 14.5. The Kier molecular flexibility index (Phi) is 8.30. The molecule has 0 spiro atoms. The number of thiazole rings is 1. The highest BCUT2D eigenvalue weighted by Crippen LogP contribution is 2.32. The van der Waals surface area contributed by atoms with Crippen LogP contribution in [0.25, 0.3) is 17.4 Å². The second-order valence-electron chi connectivity index (χ2n) is 10.2. The molecule has 1 amide bonds. The molecule has 45 heavy (non-hydrogen) atoms. The first kappa shape index (κ1) is 29.6. The molecule has 1 aliphatic rings. The predicted octanol–water partition coefficient (Wildman–Crippen LogP) is 5.32. The van der Waals surface area contributed by atoms with Crippen LogP contribution in [0, 0.1) is 0 Å². The van der Waals surface area contributed by atoms with Gasteiger partial charge in [-0.15, -0.1) is 0 Å². The minimum absolute atomic E-state index is 0.297. The lowest BCUT2D eigenvalue weighted by atomic mass is 9.95. The molecule has 1 aliphatic heterocycles. The number of allylic oxidation sites excluding steroid dienone is 1. The topological polar surface area (TPSA) is 112 Å². The summed E-state index contributed by atoms with van der Waals surface area (Å²) in [5.74, 6) is 0.983. The molecule has 10 heteroatoms. The Morgan fingerprint density at radius 3 is 2.42 bits per heavy atom. The summed E-state index contributed by atoms with van der Waals surface area (Å²) in [5, 5.41) is 2.95. The standard InChI is InChI=1S/C35H29N3O6S/c1-4-43-34(41)24-12-10-22(11-13-24)28-19-18-27(44-28)20-29-33(40)38-31(23-14-16-26(42-3)17-15-23)30(21(2)36-35(38)45-29)32(39)37-25-8-6-5-7-9-25/h5-20,31H,4H2,1-3H3,(H,37,39)/b29-20-. The number of furan rings is 1. The Labute approximate surface area is 262 Å². The van der Waals surface area contributed by atoms with E-state index in [-0.39, 0.29) is 17.4 Å². The molecule has 2 aromatic heterocycles. The minimum atomic E-state index is -0.719. The fraction of sp³-hybridized carbons (Fsp3) is 0.143. The number of carbonyl (C=O) groups excluding carboxylic acids is 2. The average Bonchev–Trinajstić information content (AvgIpc) is 3.65. The van der Waals surface area contributed by atoms with Crippen molar-refractivity contribution < 1.29 is 23.5 Å². The zero-order valence-corrected chi connectivity index (χ0v) is 25.6. The summed E-state index contributed by atoms with van der Waals surface area (Å²) >= 11 is 1.23. The zero-order valence-electron chi connectivity index (χ0n) is 24.8. The zero-order chi connectivity index (χ0) is 31.5. The summed E-state index contributed by atoms with van der Waals surface area (Å²) < 4.78 is 18.4. The molecule has 0 saturated carbocycles. The number of anilines is 1. The number of ether oxygens (including phenoxy) is 2. The lowest BCUT2D eigenvalue weighted by molar-refractivity contribution is -0.113. The maximum atomic E-state index is 14.0. The van der Waals surface area contributed by atoms with Crippen LogP contribution in [-0.2, 0) is 9.53 Å². The molecule has 1 N–H and O–H groups in total. The molecule has 0 radical (unpaired) electrons. The summed E-state index contributed by atoms with van der Waals surface area (Å²) in [5.41, 5.74) is 3.19. The quantitative estimate of drug-likeness (QED) is 0.236. The van der Waals surface area contributed by atoms with Gasteiger partial charge >= 0.3 is 5.97 Å². The molecule has 226 valence electrons. The van der Waals surface area contributed by atoms with E-state index in [2.05, 4.69) is 5.32 Å². The summed E-state index contributed by atoms with van der Waals surface area (Å²) in [6.07, 6.45) is 1.68. The maximum Gasteiger partial charge on any atom is 0.338 e. The van der Waals surface area contributed by atoms with Crippen molar-refractivity contribution in [2.75, 3.05) is 19.0 Å². The van der Waals surface area contributed by atoms with E-state index < -0.39 is 6.04 Å². The van der Waals surface area contributed by atoms with Gasteiger partial charge in [-0.1, -0.05) is 53.8 Å². The van der Waals surface area contributed by atoms with Crippen LogP contribution in [0.5, 0.6) is 5.75 Å². The van der Waals surface area contributed by atoms with Gasteiger partial charge in [0.15, 0.2) is 4.80 Å². The van der Waals surface area contributed by atoms with Crippen LogP contribution in [0.3, 0.4) is 0 Å². The third kappa shape index (κ3) is 6.00. The van der Waals surface area contributed by atoms with Crippen molar-refractivity contribution in [2.24, 2.45) is 4.99 Å². The number of rotatable bonds is 8. The van der Waals surface area contributed by atoms with Crippen molar-refractivity contribution in [1.82, 2.24) is 4.57 Å². The van der Waals surface area contributed by atoms with E-state index in [0.29, 0.717) is 55.7 Å². The second kappa shape index (κ2) is 12.6. The largest absolute Gasteiger partial charge is 0.497 e. The fourth-order valence-electron chi connectivity index (χ4n) is 5.13. The molecule has 1 atom stereocenters. The first-order valence-corrected chi connectivity index (χ1v) is 15.1. The van der Waals surface area contributed by atoms with Gasteiger partial charge in [0.2, 0.25) is 0 Å². The first-order valence-electron chi connectivity index (χ1n) is 14.3. The van der Waals surface area contributed by atoms with Crippen LogP contribution < -0.4 is 24.9 Å². The third-order valence-corrected chi connectivity index (χ3v) is 8.29. The van der Waals surface area contributed by atoms with Crippen molar-refractivity contribution in [1.29, 1.82) is 0 Å². The van der Waals surface area contributed by atoms with E-state index in [4.69, 9.17) is 18.9 Å². The van der Waals surface area contributed by atoms with Gasteiger partial charge in [-0.3, -0.25) is 14.2 Å². The van der Waals surface area contributed by atoms with Crippen molar-refractivity contribution in [3.63, 3.8) is 0 Å². The molecule has 0 fully saturated rings. The number of nitrogens with one attached hydrogen (secondary N) is 1. The number of hydrogen-bond donors (Lipinski definition) is 1. The second-order valence-corrected chi connectivity index (χ2v) is 11.2. The molecular formula is C35H29N3O6S. The van der Waals surface area contributed by atoms with Crippen LogP contribution in [0.1, 0.15) is 41.6 Å². The van der Waals surface area contributed by atoms with E-state index >= 15 is 0 Å². The van der Waals surface area contributed by atoms with Gasteiger partial charge in [-0.2, -0.15) is 0 Å². The van der Waals surface area contributed by atoms with Gasteiger partial charge in [0, 0.05) is 17.3 Å². The fourth-order valence-corrected chi connectivity index (χ4v) is 6.16. The molecule has 0 saturated heterocycles. The first-order chi connectivity index (χ1) is 21.9. The van der Waals surface area contributed by atoms with Gasteiger partial charge in [0.05, 0.1) is 41.1 Å². The van der Waals surface area contributed by atoms with Crippen LogP contribution >= 0.6 is 11.3 Å². The Balaban J connectivity index is 1.38. The van der Waals surface area contributed by atoms with Gasteiger partial charge in [-0.25, -0.2) is 9.79 Å². The number of nitrogens with zero attached hydrogens (tertiary/aromatic N) is 2. The predicted molar refractivity (Wildman–Crippen MR) is 172 cm³/mol. The van der Waals surface area contributed by atoms with E-state index in [9.17, 15) is 14.4 Å². The summed E-state index contributed by atoms with van der Waals surface area (Å²) in [4.78, 5) is 44.9. The highest BCUT2D eigenvalue weighted by Gasteiger charge is 2.32. The molecule has 1 unspecified atom stereocenters. The number of aromatic nitrogens is 1. The number of amides is 1. The Morgan fingerprint density at radius 2 is 1.73 bits per heavy atom. The highest BCUT2D eigenvalue weighted by atomic mass is 32.1. The number of fused-ring (bicyclic) bond motifs is 1. The molecule has 6 rings (SSSR count). The molecular weight excluding hydrogens is 590 g/mol. The molecule has 9 nitrogen and oxygen atoms in total. The van der Waals surface area contributed by atoms with Crippen LogP contribution in [0.2, 0.25) is 0 Å². The lowest BCUT2D eigenvalue weighted by Crippen LogP contribution is -2.40. The van der Waals surface area contributed by atoms with Gasteiger partial charge in [0.25, 0.3) is 11.5 Å². The van der Waals surface area contributed by atoms with Gasteiger partial charge in [0.1, 0.15) is 17.3 Å². The Hall–Kier alpha value is -5.48. The lowest BCUT2D eigenvalue weighted by Gasteiger charge is -2.25. The van der Waals surface area contributed by atoms with Crippen LogP contribution in [0.15, 0.2) is 116 Å². The molecule has 3 aromatic carbocycles. The van der Waals surface area contributed by atoms with Crippen molar-refractivity contribution >= 4 is 35.0 Å². The summed E-state index contributed by atoms with van der Waals surface area (Å²) in [6.45, 7) is 3.84. The maximum absolute atomic E-state index is 14.0. The van der Waals surface area contributed by atoms with Crippen molar-refractivity contribution in [3.05, 3.63) is 139 Å². The van der Waals surface area contributed by atoms with Gasteiger partial charge in [-0.05, 0) is 67.9 Å². The Bertz CT molecular complexity index is 2090.